The summed E-state index contributed by atoms with van der Waals surface area (Å²) in [5.41, 5.74) is 0.182. The number of rotatable bonds is 3. The van der Waals surface area contributed by atoms with Crippen molar-refractivity contribution in [2.24, 2.45) is 0 Å². The third-order valence-electron chi connectivity index (χ3n) is 2.55. The second-order valence-corrected chi connectivity index (χ2v) is 3.82. The Hall–Kier alpha value is -2.82. The predicted molar refractivity (Wildman–Crippen MR) is 69.5 cm³/mol. The molecule has 2 aromatic carbocycles. The Morgan fingerprint density at radius 3 is 2.11 bits per heavy atom. The lowest BCUT2D eigenvalue weighted by Crippen LogP contribution is -2.16. The summed E-state index contributed by atoms with van der Waals surface area (Å²) in [4.78, 5) is 23.0. The highest BCUT2D eigenvalue weighted by atomic mass is 16.4. The molecule has 2 aromatic rings. The zero-order valence-electron chi connectivity index (χ0n) is 9.83. The number of para-hydroxylation sites is 2. The van der Waals surface area contributed by atoms with Crippen LogP contribution >= 0.6 is 0 Å². The zero-order chi connectivity index (χ0) is 13.8. The highest BCUT2D eigenvalue weighted by Crippen LogP contribution is 2.22. The van der Waals surface area contributed by atoms with E-state index in [1.807, 2.05) is 0 Å². The molecule has 0 spiro atoms. The molecule has 2 rings (SSSR count). The van der Waals surface area contributed by atoms with Gasteiger partial charge in [-0.25, -0.2) is 4.79 Å². The molecular formula is C14H11NO4. The topological polar surface area (TPSA) is 86.6 Å². The lowest BCUT2D eigenvalue weighted by molar-refractivity contribution is 0.0692. The number of carboxylic acid groups (broad SMARTS) is 1. The van der Waals surface area contributed by atoms with Crippen molar-refractivity contribution < 1.29 is 19.8 Å². The average Bonchev–Trinajstić information content (AvgIpc) is 2.41. The zero-order valence-corrected chi connectivity index (χ0v) is 9.83. The Labute approximate surface area is 109 Å². The summed E-state index contributed by atoms with van der Waals surface area (Å²) in [6.07, 6.45) is 0. The molecule has 0 aromatic heterocycles. The molecule has 96 valence electrons. The molecule has 0 atom stereocenters. The Bertz CT molecular complexity index is 637. The molecular weight excluding hydrogens is 246 g/mol. The van der Waals surface area contributed by atoms with Gasteiger partial charge in [0.2, 0.25) is 0 Å². The van der Waals surface area contributed by atoms with Gasteiger partial charge >= 0.3 is 5.97 Å². The number of carboxylic acids is 1. The van der Waals surface area contributed by atoms with Crippen molar-refractivity contribution in [2.45, 2.75) is 0 Å². The SMILES string of the molecule is O=C(O)c1ccccc1C(=O)Nc1ccccc1O. The second kappa shape index (κ2) is 5.22. The third-order valence-corrected chi connectivity index (χ3v) is 2.55. The van der Waals surface area contributed by atoms with Crippen LogP contribution in [0.2, 0.25) is 0 Å². The van der Waals surface area contributed by atoms with Crippen molar-refractivity contribution in [3.8, 4) is 5.75 Å². The Morgan fingerprint density at radius 1 is 0.895 bits per heavy atom. The van der Waals surface area contributed by atoms with Crippen LogP contribution in [0.1, 0.15) is 20.7 Å². The third kappa shape index (κ3) is 2.71. The number of carbonyl (C=O) groups excluding carboxylic acids is 1. The van der Waals surface area contributed by atoms with E-state index in [-0.39, 0.29) is 22.6 Å². The summed E-state index contributed by atoms with van der Waals surface area (Å²) in [6, 6.07) is 12.1. The first kappa shape index (κ1) is 12.6. The van der Waals surface area contributed by atoms with E-state index in [0.717, 1.165) is 0 Å². The quantitative estimate of drug-likeness (QED) is 0.736. The molecule has 0 fully saturated rings. The molecule has 0 aliphatic heterocycles. The van der Waals surface area contributed by atoms with Gasteiger partial charge in [-0.2, -0.15) is 0 Å². The van der Waals surface area contributed by atoms with Gasteiger partial charge in [-0.1, -0.05) is 24.3 Å². The van der Waals surface area contributed by atoms with Gasteiger partial charge in [-0.3, -0.25) is 4.79 Å². The monoisotopic (exact) mass is 257 g/mol. The van der Waals surface area contributed by atoms with Crippen LogP contribution < -0.4 is 5.32 Å². The highest BCUT2D eigenvalue weighted by Gasteiger charge is 2.16. The number of hydrogen-bond donors (Lipinski definition) is 3. The number of nitrogens with one attached hydrogen (secondary N) is 1. The average molecular weight is 257 g/mol. The van der Waals surface area contributed by atoms with Crippen LogP contribution in [0.15, 0.2) is 48.5 Å². The normalized spacial score (nSPS) is 9.89. The number of carbonyl (C=O) groups is 2. The summed E-state index contributed by atoms with van der Waals surface area (Å²) in [5.74, 6) is -1.84. The molecule has 0 bridgehead atoms. The van der Waals surface area contributed by atoms with Crippen LogP contribution in [0.4, 0.5) is 5.69 Å². The van der Waals surface area contributed by atoms with E-state index in [0.29, 0.717) is 0 Å². The van der Waals surface area contributed by atoms with Crippen molar-refractivity contribution in [1.82, 2.24) is 0 Å². The summed E-state index contributed by atoms with van der Waals surface area (Å²) < 4.78 is 0. The van der Waals surface area contributed by atoms with Crippen LogP contribution in [0, 0.1) is 0 Å². The fourth-order valence-electron chi connectivity index (χ4n) is 1.64. The lowest BCUT2D eigenvalue weighted by atomic mass is 10.1. The van der Waals surface area contributed by atoms with Crippen LogP contribution in [0.3, 0.4) is 0 Å². The van der Waals surface area contributed by atoms with Gasteiger partial charge in [0.25, 0.3) is 5.91 Å². The summed E-state index contributed by atoms with van der Waals surface area (Å²) in [5, 5.41) is 21.0. The Kier molecular flexibility index (Phi) is 3.47. The van der Waals surface area contributed by atoms with E-state index in [1.165, 1.54) is 24.3 Å². The minimum absolute atomic E-state index is 0.0400. The van der Waals surface area contributed by atoms with Crippen molar-refractivity contribution in [3.05, 3.63) is 59.7 Å². The van der Waals surface area contributed by atoms with Crippen molar-refractivity contribution in [1.29, 1.82) is 0 Å². The van der Waals surface area contributed by atoms with Crippen LogP contribution in [-0.2, 0) is 0 Å². The maximum atomic E-state index is 12.0. The van der Waals surface area contributed by atoms with Gasteiger partial charge in [0.1, 0.15) is 5.75 Å². The van der Waals surface area contributed by atoms with E-state index < -0.39 is 11.9 Å². The second-order valence-electron chi connectivity index (χ2n) is 3.82. The molecule has 0 saturated carbocycles. The first-order valence-electron chi connectivity index (χ1n) is 5.51. The van der Waals surface area contributed by atoms with Crippen LogP contribution in [-0.4, -0.2) is 22.1 Å². The maximum absolute atomic E-state index is 12.0. The fourth-order valence-corrected chi connectivity index (χ4v) is 1.64. The van der Waals surface area contributed by atoms with E-state index in [1.54, 1.807) is 24.3 Å². The lowest BCUT2D eigenvalue weighted by Gasteiger charge is -2.08. The molecule has 0 saturated heterocycles. The summed E-state index contributed by atoms with van der Waals surface area (Å²) in [7, 11) is 0. The summed E-state index contributed by atoms with van der Waals surface area (Å²) in [6.45, 7) is 0. The van der Waals surface area contributed by atoms with E-state index in [9.17, 15) is 14.7 Å². The standard InChI is InChI=1S/C14H11NO4/c16-12-8-4-3-7-11(12)15-13(17)9-5-1-2-6-10(9)14(18)19/h1-8,16H,(H,15,17)(H,18,19). The first-order valence-corrected chi connectivity index (χ1v) is 5.51. The van der Waals surface area contributed by atoms with Crippen LogP contribution in [0.25, 0.3) is 0 Å². The Morgan fingerprint density at radius 2 is 1.47 bits per heavy atom. The molecule has 5 heteroatoms. The van der Waals surface area contributed by atoms with Crippen LogP contribution in [0.5, 0.6) is 5.75 Å². The number of amides is 1. The van der Waals surface area contributed by atoms with E-state index in [2.05, 4.69) is 5.32 Å². The fraction of sp³-hybridized carbons (Fsp3) is 0. The number of phenols is 1. The molecule has 1 amide bonds. The molecule has 0 radical (unpaired) electrons. The number of phenolic OH excluding ortho intramolecular Hbond substituents is 1. The molecule has 3 N–H and O–H groups in total. The van der Waals surface area contributed by atoms with Gasteiger partial charge in [0.05, 0.1) is 16.8 Å². The molecule has 0 aliphatic rings. The number of aromatic carboxylic acids is 1. The number of aromatic hydroxyl groups is 1. The highest BCUT2D eigenvalue weighted by molar-refractivity contribution is 6.11. The summed E-state index contributed by atoms with van der Waals surface area (Å²) >= 11 is 0. The van der Waals surface area contributed by atoms with E-state index >= 15 is 0 Å². The van der Waals surface area contributed by atoms with Gasteiger partial charge in [-0.05, 0) is 24.3 Å². The first-order chi connectivity index (χ1) is 9.09. The molecule has 19 heavy (non-hydrogen) atoms. The molecule has 0 aliphatic carbocycles. The molecule has 0 unspecified atom stereocenters. The van der Waals surface area contributed by atoms with Gasteiger partial charge in [-0.15, -0.1) is 0 Å². The van der Waals surface area contributed by atoms with Gasteiger partial charge < -0.3 is 15.5 Å². The maximum Gasteiger partial charge on any atom is 0.336 e. The van der Waals surface area contributed by atoms with Gasteiger partial charge in [0.15, 0.2) is 0 Å². The van der Waals surface area contributed by atoms with Crippen molar-refractivity contribution in [3.63, 3.8) is 0 Å². The van der Waals surface area contributed by atoms with Gasteiger partial charge in [0, 0.05) is 0 Å². The number of benzene rings is 2. The van der Waals surface area contributed by atoms with Crippen molar-refractivity contribution in [2.75, 3.05) is 5.32 Å². The van der Waals surface area contributed by atoms with E-state index in [4.69, 9.17) is 5.11 Å². The minimum atomic E-state index is -1.18. The predicted octanol–water partition coefficient (Wildman–Crippen LogP) is 2.34. The molecule has 5 nitrogen and oxygen atoms in total. The number of anilines is 1. The molecule has 0 heterocycles. The minimum Gasteiger partial charge on any atom is -0.506 e. The smallest absolute Gasteiger partial charge is 0.336 e. The Balaban J connectivity index is 2.31. The largest absolute Gasteiger partial charge is 0.506 e. The van der Waals surface area contributed by atoms with Crippen molar-refractivity contribution >= 4 is 17.6 Å². The number of hydrogen-bond acceptors (Lipinski definition) is 3.